The maximum absolute atomic E-state index is 11.6. The van der Waals surface area contributed by atoms with Crippen LogP contribution in [0.15, 0.2) is 30.3 Å². The molecule has 0 spiro atoms. The normalized spacial score (nSPS) is 26.8. The summed E-state index contributed by atoms with van der Waals surface area (Å²) in [6.07, 6.45) is 16.4. The predicted octanol–water partition coefficient (Wildman–Crippen LogP) is 11.6. The van der Waals surface area contributed by atoms with Crippen LogP contribution in [-0.2, 0) is 66.7 Å². The Kier molecular flexibility index (Phi) is 64.7. The zero-order valence-electron chi connectivity index (χ0n) is 84.5. The number of aliphatic carboxylic acids is 4. The average molecular weight is 1930 g/mol. The van der Waals surface area contributed by atoms with E-state index in [9.17, 15) is 84.0 Å². The number of aliphatic hydroxyl groups excluding tert-OH is 8. The first-order valence-corrected chi connectivity index (χ1v) is 50.4. The van der Waals surface area contributed by atoms with Gasteiger partial charge < -0.3 is 126 Å². The minimum absolute atomic E-state index is 0.0255. The predicted molar refractivity (Wildman–Crippen MR) is 515 cm³/mol. The maximum Gasteiger partial charge on any atom is 0.407 e. The Balaban J connectivity index is 0.000000533. The van der Waals surface area contributed by atoms with Crippen molar-refractivity contribution in [3.05, 3.63) is 35.9 Å². The molecule has 7 fully saturated rings. The molecule has 1 aromatic rings. The van der Waals surface area contributed by atoms with Gasteiger partial charge in [0.1, 0.15) is 11.2 Å². The van der Waals surface area contributed by atoms with Gasteiger partial charge in [-0.2, -0.15) is 0 Å². The number of hydrogen-bond acceptors (Lipinski definition) is 28. The van der Waals surface area contributed by atoms with E-state index in [1.54, 1.807) is 62.7 Å². The molecule has 22 atom stereocenters. The summed E-state index contributed by atoms with van der Waals surface area (Å²) < 4.78 is 35.1. The van der Waals surface area contributed by atoms with Crippen LogP contribution in [0.4, 0.5) is 9.59 Å². The van der Waals surface area contributed by atoms with Crippen molar-refractivity contribution in [1.82, 2.24) is 31.9 Å². The minimum atomic E-state index is -0.874. The summed E-state index contributed by atoms with van der Waals surface area (Å²) in [5.41, 5.74) is -0.308. The Morgan fingerprint density at radius 1 is 0.356 bits per heavy atom. The van der Waals surface area contributed by atoms with Gasteiger partial charge in [0.25, 0.3) is 0 Å². The number of carbonyl (C=O) groups is 9. The van der Waals surface area contributed by atoms with Crippen LogP contribution in [0.1, 0.15) is 294 Å². The summed E-state index contributed by atoms with van der Waals surface area (Å²) >= 11 is 0. The Labute approximate surface area is 805 Å². The highest BCUT2D eigenvalue weighted by molar-refractivity contribution is 5.72. The summed E-state index contributed by atoms with van der Waals surface area (Å²) in [4.78, 5) is 101. The fraction of sp³-hybridized carbons (Fsp3) is 0.851. The number of rotatable bonds is 50. The minimum Gasteiger partial charge on any atom is -0.481 e. The van der Waals surface area contributed by atoms with Gasteiger partial charge in [0, 0.05) is 97.2 Å². The van der Waals surface area contributed by atoms with Crippen LogP contribution in [0, 0.1) is 94.7 Å². The van der Waals surface area contributed by atoms with Crippen LogP contribution < -0.4 is 31.9 Å². The molecule has 0 radical (unpaired) electrons. The van der Waals surface area contributed by atoms with Crippen LogP contribution in [-0.4, -0.2) is 282 Å². The third kappa shape index (κ3) is 55.9. The number of aliphatic hydroxyl groups is 8. The van der Waals surface area contributed by atoms with Gasteiger partial charge in [-0.05, 0) is 338 Å². The smallest absolute Gasteiger partial charge is 0.407 e. The van der Waals surface area contributed by atoms with Crippen LogP contribution >= 0.6 is 0 Å². The molecule has 2 amide bonds. The van der Waals surface area contributed by atoms with Crippen molar-refractivity contribution in [3.8, 4) is 0 Å². The first-order valence-electron chi connectivity index (χ1n) is 50.4. The molecule has 0 aromatic heterocycles. The molecule has 0 aliphatic heterocycles. The second-order valence-corrected chi connectivity index (χ2v) is 40.6. The van der Waals surface area contributed by atoms with Crippen LogP contribution in [0.5, 0.6) is 0 Å². The molecule has 7 aliphatic rings. The van der Waals surface area contributed by atoms with Gasteiger partial charge in [-0.15, -0.1) is 0 Å². The SMILES string of the molecule is CC(C)(C)OC(=O)NCC1C(O)CCC1CC(=O)O.CC(C)CNCCCC1C(O)CCC1CC(=O)O.CCOC(=O)CC1CCC(O)C1CCCNCC(C)C.CCOC(=O)CC1CCC(O)C1CCCNCCOC.CCOC(=O)CC1CCC(O)C1CNC(=O)OC(C)(C)C.COCCNCCCC1C(O)CCC1CC(=O)O.O=C(O)CC1CCC(O)C1CC(O)c1ccccc1. The molecule has 8 rings (SSSR count). The molecule has 0 heterocycles. The molecule has 34 nitrogen and oxygen atoms in total. The van der Waals surface area contributed by atoms with Crippen molar-refractivity contribution in [3.63, 3.8) is 0 Å². The van der Waals surface area contributed by atoms with Crippen molar-refractivity contribution in [2.75, 3.05) is 113 Å². The zero-order valence-corrected chi connectivity index (χ0v) is 84.5. The fourth-order valence-electron chi connectivity index (χ4n) is 19.9. The molecule has 0 bridgehead atoms. The molecule has 7 aliphatic carbocycles. The van der Waals surface area contributed by atoms with Crippen molar-refractivity contribution in [1.29, 1.82) is 0 Å². The van der Waals surface area contributed by atoms with E-state index in [-0.39, 0.29) is 158 Å². The van der Waals surface area contributed by atoms with Gasteiger partial charge in [0.2, 0.25) is 0 Å². The van der Waals surface area contributed by atoms with Gasteiger partial charge in [-0.1, -0.05) is 58.0 Å². The fourth-order valence-corrected chi connectivity index (χ4v) is 19.9. The molecule has 34 heteroatoms. The number of alkyl carbamates (subject to hydrolysis) is 2. The van der Waals surface area contributed by atoms with Crippen LogP contribution in [0.2, 0.25) is 0 Å². The summed E-state index contributed by atoms with van der Waals surface area (Å²) in [6.45, 7) is 35.6. The van der Waals surface area contributed by atoms with Crippen molar-refractivity contribution in [2.45, 2.75) is 343 Å². The summed E-state index contributed by atoms with van der Waals surface area (Å²) in [5.74, 6) is -1.21. The largest absolute Gasteiger partial charge is 0.481 e. The molecular formula is C101H182N6O28. The molecule has 7 saturated carbocycles. The molecule has 135 heavy (non-hydrogen) atoms. The quantitative estimate of drug-likeness (QED) is 0.0164. The molecule has 18 N–H and O–H groups in total. The number of carboxylic acids is 4. The van der Waals surface area contributed by atoms with E-state index in [1.165, 1.54) is 0 Å². The number of carbonyl (C=O) groups excluding carboxylic acids is 5. The molecular weight excluding hydrogens is 1750 g/mol. The monoisotopic (exact) mass is 1930 g/mol. The lowest BCUT2D eigenvalue weighted by molar-refractivity contribution is -0.145. The Morgan fingerprint density at radius 2 is 0.607 bits per heavy atom. The first-order chi connectivity index (χ1) is 63.9. The summed E-state index contributed by atoms with van der Waals surface area (Å²) in [7, 11) is 3.36. The van der Waals surface area contributed by atoms with E-state index in [0.29, 0.717) is 95.7 Å². The lowest BCUT2D eigenvalue weighted by atomic mass is 9.85. The average Bonchev–Trinajstić information content (AvgIpc) is 1.72. The number of carboxylic acid groups (broad SMARTS) is 4. The number of nitrogens with one attached hydrogen (secondary N) is 6. The second-order valence-electron chi connectivity index (χ2n) is 40.6. The number of hydrogen-bond donors (Lipinski definition) is 18. The Hall–Kier alpha value is -6.51. The van der Waals surface area contributed by atoms with Crippen molar-refractivity contribution < 1.29 is 138 Å². The Morgan fingerprint density at radius 3 is 0.874 bits per heavy atom. The van der Waals surface area contributed by atoms with Crippen LogP contribution in [0.25, 0.3) is 0 Å². The topological polar surface area (TPSA) is 533 Å². The molecule has 784 valence electrons. The van der Waals surface area contributed by atoms with Crippen molar-refractivity contribution in [2.24, 2.45) is 94.7 Å². The van der Waals surface area contributed by atoms with E-state index >= 15 is 0 Å². The zero-order chi connectivity index (χ0) is 101. The van der Waals surface area contributed by atoms with Crippen molar-refractivity contribution >= 4 is 54.0 Å². The number of methoxy groups -OCH3 is 2. The highest BCUT2D eigenvalue weighted by atomic mass is 16.6. The second kappa shape index (κ2) is 70.2. The number of benzene rings is 1. The van der Waals surface area contributed by atoms with E-state index in [0.717, 1.165) is 180 Å². The Bertz CT molecular complexity index is 3370. The van der Waals surface area contributed by atoms with E-state index < -0.39 is 71.7 Å². The third-order valence-corrected chi connectivity index (χ3v) is 26.6. The van der Waals surface area contributed by atoms with E-state index in [2.05, 4.69) is 59.6 Å². The standard InChI is InChI=1S/C16H31NO3.C15H27NO5.C15H29NO4.C15H20O4.C14H27NO3.C13H23NO5.C13H25NO4/c1-4-20-16(19)10-13-7-8-15(18)14(13)6-5-9-17-11-12(2)3;1-5-20-13(18)8-10-6-7-12(17)11(10)9-16-14(19)21-15(2,3)4;1-3-20-15(18)11-12-6-7-14(17)13(12)5-4-8-16-9-10-19-2;16-13-7-6-11(8-15(18)19)12(13)9-14(17)10-4-2-1-3-5-10;1-10(2)9-15-7-3-4-12-11(8-14(17)18)5-6-13(12)16;1-13(2,3)19-12(18)14-7-9-8(6-11(16)17)4-5-10(9)15;1-18-8-7-14-6-2-3-11-10(9-13(16)17)4-5-12(11)15/h12-15,17-18H,4-11H2,1-3H3;10-12,17H,5-9H2,1-4H3,(H,16,19);12-14,16-17H,3-11H2,1-2H3;1-5,11-14,16-17H,6-9H2,(H,18,19);10-13,15-16H,3-9H2,1-2H3,(H,17,18);8-10,15H,4-7H2,1-3H3,(H,14,18)(H,16,17);10-12,14-15H,2-9H2,1H3,(H,16,17). The summed E-state index contributed by atoms with van der Waals surface area (Å²) in [5, 5.41) is 134. The number of ether oxygens (including phenoxy) is 7. The van der Waals surface area contributed by atoms with E-state index in [4.69, 9.17) is 53.6 Å². The molecule has 1 aromatic carbocycles. The summed E-state index contributed by atoms with van der Waals surface area (Å²) in [6, 6.07) is 9.29. The first kappa shape index (κ1) is 125. The maximum atomic E-state index is 11.6. The van der Waals surface area contributed by atoms with Crippen LogP contribution in [0.3, 0.4) is 0 Å². The third-order valence-electron chi connectivity index (χ3n) is 26.6. The van der Waals surface area contributed by atoms with Gasteiger partial charge >= 0.3 is 54.0 Å². The van der Waals surface area contributed by atoms with E-state index in [1.807, 2.05) is 44.2 Å². The highest BCUT2D eigenvalue weighted by Crippen LogP contribution is 2.44. The number of esters is 3. The molecule has 0 saturated heterocycles. The lowest BCUT2D eigenvalue weighted by Gasteiger charge is -2.24. The van der Waals surface area contributed by atoms with Gasteiger partial charge in [0.15, 0.2) is 0 Å². The number of amides is 2. The van der Waals surface area contributed by atoms with Gasteiger partial charge in [-0.3, -0.25) is 33.6 Å². The molecule has 22 unspecified atom stereocenters. The lowest BCUT2D eigenvalue weighted by Crippen LogP contribution is -2.39. The van der Waals surface area contributed by atoms with Gasteiger partial charge in [0.05, 0.1) is 81.9 Å². The van der Waals surface area contributed by atoms with Gasteiger partial charge in [-0.25, -0.2) is 9.59 Å². The highest BCUT2D eigenvalue weighted by Gasteiger charge is 2.43.